The predicted molar refractivity (Wildman–Crippen MR) is 101 cm³/mol. The number of nitrogens with zero attached hydrogens (tertiary/aromatic N) is 3. The number of ether oxygens (including phenoxy) is 1. The zero-order valence-corrected chi connectivity index (χ0v) is 15.0. The summed E-state index contributed by atoms with van der Waals surface area (Å²) in [4.78, 5) is 18.3. The van der Waals surface area contributed by atoms with Gasteiger partial charge in [-0.2, -0.15) is 0 Å². The van der Waals surface area contributed by atoms with Gasteiger partial charge in [-0.15, -0.1) is 0 Å². The van der Waals surface area contributed by atoms with Crippen LogP contribution in [0, 0.1) is 0 Å². The molecule has 0 aliphatic carbocycles. The molecule has 1 fully saturated rings. The van der Waals surface area contributed by atoms with E-state index < -0.39 is 12.3 Å². The molecule has 1 N–H and O–H groups in total. The molecule has 0 radical (unpaired) electrons. The Morgan fingerprint density at radius 3 is 2.70 bits per heavy atom. The lowest BCUT2D eigenvalue weighted by Gasteiger charge is -2.17. The Morgan fingerprint density at radius 1 is 1.19 bits per heavy atom. The summed E-state index contributed by atoms with van der Waals surface area (Å²) >= 11 is 0. The quantitative estimate of drug-likeness (QED) is 0.768. The van der Waals surface area contributed by atoms with Gasteiger partial charge in [0.1, 0.15) is 24.7 Å². The second kappa shape index (κ2) is 7.36. The molecular formula is C20H21FN4O2. The molecule has 1 aliphatic heterocycles. The van der Waals surface area contributed by atoms with Crippen LogP contribution in [0.3, 0.4) is 0 Å². The molecular weight excluding hydrogens is 347 g/mol. The van der Waals surface area contributed by atoms with Gasteiger partial charge in [-0.3, -0.25) is 0 Å². The highest BCUT2D eigenvalue weighted by Crippen LogP contribution is 2.21. The summed E-state index contributed by atoms with van der Waals surface area (Å²) in [6.45, 7) is 0.431. The number of para-hydroxylation sites is 3. The van der Waals surface area contributed by atoms with Gasteiger partial charge in [-0.25, -0.2) is 14.2 Å². The topological polar surface area (TPSA) is 59.4 Å². The van der Waals surface area contributed by atoms with Crippen LogP contribution in [-0.2, 0) is 18.4 Å². The van der Waals surface area contributed by atoms with Crippen LogP contribution >= 0.6 is 0 Å². The average Bonchev–Trinajstić information content (AvgIpc) is 3.21. The third kappa shape index (κ3) is 3.64. The van der Waals surface area contributed by atoms with Crippen LogP contribution in [0.15, 0.2) is 54.6 Å². The van der Waals surface area contributed by atoms with Gasteiger partial charge in [-0.05, 0) is 24.3 Å². The first-order valence-corrected chi connectivity index (χ1v) is 8.89. The molecule has 0 bridgehead atoms. The molecule has 0 spiro atoms. The first kappa shape index (κ1) is 17.5. The maximum atomic E-state index is 14.4. The van der Waals surface area contributed by atoms with E-state index in [0.29, 0.717) is 5.69 Å². The molecule has 3 aromatic rings. The number of nitrogens with one attached hydrogen (secondary N) is 1. The van der Waals surface area contributed by atoms with Crippen LogP contribution in [0.4, 0.5) is 14.9 Å². The highest BCUT2D eigenvalue weighted by molar-refractivity contribution is 5.89. The van der Waals surface area contributed by atoms with E-state index in [1.165, 1.54) is 4.90 Å². The number of hydrogen-bond donors (Lipinski definition) is 1. The van der Waals surface area contributed by atoms with Crippen LogP contribution in [0.1, 0.15) is 5.82 Å². The van der Waals surface area contributed by atoms with E-state index in [-0.39, 0.29) is 25.7 Å². The first-order valence-electron chi connectivity index (χ1n) is 8.89. The second-order valence-electron chi connectivity index (χ2n) is 6.64. The molecule has 2 aromatic carbocycles. The molecule has 2 heterocycles. The number of imidazole rings is 1. The molecule has 4 rings (SSSR count). The Hall–Kier alpha value is -2.93. The molecule has 7 heteroatoms. The average molecular weight is 368 g/mol. The van der Waals surface area contributed by atoms with Crippen LogP contribution in [0.5, 0.6) is 0 Å². The Labute approximate surface area is 156 Å². The fourth-order valence-electron chi connectivity index (χ4n) is 3.29. The van der Waals surface area contributed by atoms with Crippen molar-refractivity contribution in [3.05, 3.63) is 60.4 Å². The number of carbonyl (C=O) groups excluding carboxylic acids is 1. The lowest BCUT2D eigenvalue weighted by Crippen LogP contribution is -2.34. The summed E-state index contributed by atoms with van der Waals surface area (Å²) in [6, 6.07) is 16.6. The number of carbonyl (C=O) groups is 1. The van der Waals surface area contributed by atoms with Crippen LogP contribution in [0.2, 0.25) is 0 Å². The van der Waals surface area contributed by atoms with Gasteiger partial charge < -0.3 is 19.5 Å². The van der Waals surface area contributed by atoms with Crippen molar-refractivity contribution in [3.63, 3.8) is 0 Å². The highest BCUT2D eigenvalue weighted by atomic mass is 19.1. The van der Waals surface area contributed by atoms with Crippen molar-refractivity contribution < 1.29 is 13.9 Å². The monoisotopic (exact) mass is 368 g/mol. The number of benzene rings is 2. The van der Waals surface area contributed by atoms with Crippen LogP contribution in [-0.4, -0.2) is 45.8 Å². The molecule has 1 aliphatic rings. The normalized spacial score (nSPS) is 19.6. The van der Waals surface area contributed by atoms with E-state index in [1.807, 2.05) is 54.1 Å². The van der Waals surface area contributed by atoms with Gasteiger partial charge in [0.15, 0.2) is 0 Å². The molecule has 1 saturated heterocycles. The van der Waals surface area contributed by atoms with E-state index in [2.05, 4.69) is 10.3 Å². The van der Waals surface area contributed by atoms with Crippen LogP contribution in [0.25, 0.3) is 11.0 Å². The minimum absolute atomic E-state index is 0.0197. The molecule has 2 amide bonds. The second-order valence-corrected chi connectivity index (χ2v) is 6.64. The molecule has 140 valence electrons. The summed E-state index contributed by atoms with van der Waals surface area (Å²) < 4.78 is 22.1. The minimum atomic E-state index is -1.22. The Bertz CT molecular complexity index is 944. The first-order chi connectivity index (χ1) is 13.1. The van der Waals surface area contributed by atoms with Crippen molar-refractivity contribution in [1.82, 2.24) is 14.5 Å². The summed E-state index contributed by atoms with van der Waals surface area (Å²) in [5.74, 6) is 0.732. The third-order valence-electron chi connectivity index (χ3n) is 4.82. The van der Waals surface area contributed by atoms with Crippen molar-refractivity contribution in [2.45, 2.75) is 18.9 Å². The number of halogens is 1. The number of alkyl halides is 1. The number of aryl methyl sites for hydroxylation is 1. The lowest BCUT2D eigenvalue weighted by molar-refractivity contribution is 0.00847. The standard InChI is InChI=1S/C20H21FN4O2/c1-24-17-10-6-5-9-16(17)23-19(24)13-27-18-12-25(11-15(18)21)20(26)22-14-7-3-2-4-8-14/h2-10,15,18H,11-13H2,1H3,(H,22,26). The molecule has 6 nitrogen and oxygen atoms in total. The Morgan fingerprint density at radius 2 is 1.93 bits per heavy atom. The van der Waals surface area contributed by atoms with Gasteiger partial charge in [0.25, 0.3) is 0 Å². The zero-order valence-electron chi connectivity index (χ0n) is 15.0. The third-order valence-corrected chi connectivity index (χ3v) is 4.82. The lowest BCUT2D eigenvalue weighted by atomic mass is 10.3. The minimum Gasteiger partial charge on any atom is -0.365 e. The van der Waals surface area contributed by atoms with Gasteiger partial charge in [-0.1, -0.05) is 30.3 Å². The van der Waals surface area contributed by atoms with Gasteiger partial charge in [0.2, 0.25) is 0 Å². The number of hydrogen-bond acceptors (Lipinski definition) is 3. The zero-order chi connectivity index (χ0) is 18.8. The number of amides is 2. The summed E-state index contributed by atoms with van der Waals surface area (Å²) in [7, 11) is 1.91. The van der Waals surface area contributed by atoms with Gasteiger partial charge >= 0.3 is 6.03 Å². The molecule has 1 aromatic heterocycles. The van der Waals surface area contributed by atoms with Crippen molar-refractivity contribution in [2.24, 2.45) is 7.05 Å². The van der Waals surface area contributed by atoms with Crippen molar-refractivity contribution in [1.29, 1.82) is 0 Å². The van der Waals surface area contributed by atoms with Crippen molar-refractivity contribution in [2.75, 3.05) is 18.4 Å². The van der Waals surface area contributed by atoms with E-state index in [1.54, 1.807) is 12.1 Å². The number of fused-ring (bicyclic) bond motifs is 1. The summed E-state index contributed by atoms with van der Waals surface area (Å²) in [5.41, 5.74) is 2.57. The highest BCUT2D eigenvalue weighted by Gasteiger charge is 2.36. The number of likely N-dealkylation sites (tertiary alicyclic amines) is 1. The number of anilines is 1. The number of aromatic nitrogens is 2. The van der Waals surface area contributed by atoms with Gasteiger partial charge in [0, 0.05) is 12.7 Å². The maximum absolute atomic E-state index is 14.4. The van der Waals surface area contributed by atoms with Crippen molar-refractivity contribution >= 4 is 22.8 Å². The number of rotatable bonds is 4. The largest absolute Gasteiger partial charge is 0.365 e. The van der Waals surface area contributed by atoms with Crippen molar-refractivity contribution in [3.8, 4) is 0 Å². The van der Waals surface area contributed by atoms with Gasteiger partial charge in [0.05, 0.1) is 24.1 Å². The molecule has 2 unspecified atom stereocenters. The Kier molecular flexibility index (Phi) is 4.77. The Balaban J connectivity index is 1.37. The summed E-state index contributed by atoms with van der Waals surface area (Å²) in [6.07, 6.45) is -1.88. The summed E-state index contributed by atoms with van der Waals surface area (Å²) in [5, 5.41) is 2.77. The SMILES string of the molecule is Cn1c(COC2CN(C(=O)Nc3ccccc3)CC2F)nc2ccccc21. The van der Waals surface area contributed by atoms with E-state index >= 15 is 0 Å². The fraction of sp³-hybridized carbons (Fsp3) is 0.300. The maximum Gasteiger partial charge on any atom is 0.322 e. The number of urea groups is 1. The van der Waals surface area contributed by atoms with E-state index in [0.717, 1.165) is 16.9 Å². The van der Waals surface area contributed by atoms with E-state index in [4.69, 9.17) is 4.74 Å². The van der Waals surface area contributed by atoms with Crippen LogP contribution < -0.4 is 5.32 Å². The molecule has 27 heavy (non-hydrogen) atoms. The predicted octanol–water partition coefficient (Wildman–Crippen LogP) is 3.34. The molecule has 0 saturated carbocycles. The fourth-order valence-corrected chi connectivity index (χ4v) is 3.29. The molecule has 2 atom stereocenters. The van der Waals surface area contributed by atoms with E-state index in [9.17, 15) is 9.18 Å². The smallest absolute Gasteiger partial charge is 0.322 e.